The van der Waals surface area contributed by atoms with Gasteiger partial charge in [0.05, 0.1) is 69.5 Å². The first-order valence-electron chi connectivity index (χ1n) is 40.4. The van der Waals surface area contributed by atoms with Crippen molar-refractivity contribution in [3.05, 3.63) is 11.6 Å². The third-order valence-electron chi connectivity index (χ3n) is 29.1. The van der Waals surface area contributed by atoms with Crippen molar-refractivity contribution in [1.82, 2.24) is 0 Å². The van der Waals surface area contributed by atoms with E-state index in [1.54, 1.807) is 0 Å². The topological polar surface area (TPSA) is 610 Å². The standard InChI is InChI=1S/C76H124O39/c1-27-40(83)57(110-62-49(92)43(86)32(81)24-100-62)52(95)66(103-27)111-58-41(84)29(3)104-67(54(58)97)114-61-44(87)33(82)25-101-69(61)108-39-13-14-72(6)37(73(39,7)26-80)12-15-75(9)38(72)11-10-30-31-20-71(4,5)16-18-76(31,19-17-74(30,75)8)70(99)115-64-51(94)48(91)56(36(23-79)107-64)109-65-53(96)59(42(85)28(2)102-65)112-68-55(98)60(46(89)35(22-78)106-68)113-63-50(93)47(90)45(88)34(21-77)105-63/h10,27-29,31-69,77-98H,11-26H2,1-9H3/t27-,28-,29-,31+,32-,33-,34-,35-,36-,37+,38+,39-,40-,41-,42-,43+,44+,45-,46-,47+,48-,49-,50-,51-,52-,53-,54-,55-,56-,57+,58+,59+,60+,61-,62+,63+,64+,65+,66+,67+,68+,69+,72-,73-,74+,75+,76+/m0/s1. The summed E-state index contributed by atoms with van der Waals surface area (Å²) in [6.45, 7) is 13.5. The number of carbonyl (C=O) groups is 1. The number of ether oxygens (including phenoxy) is 16. The van der Waals surface area contributed by atoms with Crippen molar-refractivity contribution in [2.75, 3.05) is 39.6 Å². The number of fused-ring (bicyclic) bond motifs is 7. The van der Waals surface area contributed by atoms with Crippen LogP contribution in [0.25, 0.3) is 0 Å². The van der Waals surface area contributed by atoms with Gasteiger partial charge >= 0.3 is 5.97 Å². The average Bonchev–Trinajstić information content (AvgIpc) is 0.673. The Bertz CT molecular complexity index is 3290. The van der Waals surface area contributed by atoms with E-state index in [-0.39, 0.29) is 29.8 Å². The van der Waals surface area contributed by atoms with E-state index < -0.39 is 306 Å². The Labute approximate surface area is 664 Å². The molecular weight excluding hydrogens is 1540 g/mol. The Kier molecular flexibility index (Phi) is 27.3. The highest BCUT2D eigenvalue weighted by Crippen LogP contribution is 2.76. The third kappa shape index (κ3) is 16.0. The highest BCUT2D eigenvalue weighted by Gasteiger charge is 2.71. The first-order valence-corrected chi connectivity index (χ1v) is 40.4. The van der Waals surface area contributed by atoms with Gasteiger partial charge in [-0.2, -0.15) is 0 Å². The third-order valence-corrected chi connectivity index (χ3v) is 29.1. The summed E-state index contributed by atoms with van der Waals surface area (Å²) in [7, 11) is 0. The van der Waals surface area contributed by atoms with Crippen LogP contribution in [0.5, 0.6) is 0 Å². The molecule has 13 aliphatic rings. The lowest BCUT2D eigenvalue weighted by Crippen LogP contribution is -2.67. The Hall–Kier alpha value is -2.27. The normalized spacial score (nSPS) is 55.5. The van der Waals surface area contributed by atoms with Crippen LogP contribution in [0.3, 0.4) is 0 Å². The van der Waals surface area contributed by atoms with Gasteiger partial charge in [-0.15, -0.1) is 0 Å². The molecule has 4 saturated carbocycles. The number of aliphatic hydroxyl groups excluding tert-OH is 22. The number of carbonyl (C=O) groups excluding carboxylic acids is 1. The maximum absolute atomic E-state index is 15.5. The lowest BCUT2D eigenvalue weighted by molar-refractivity contribution is -0.387. The van der Waals surface area contributed by atoms with E-state index in [0.717, 1.165) is 5.57 Å². The summed E-state index contributed by atoms with van der Waals surface area (Å²) in [4.78, 5) is 15.5. The van der Waals surface area contributed by atoms with Crippen molar-refractivity contribution in [3.63, 3.8) is 0 Å². The van der Waals surface area contributed by atoms with Gasteiger partial charge in [0.15, 0.2) is 44.0 Å². The molecule has 12 fully saturated rings. The molecule has 0 amide bonds. The minimum Gasteiger partial charge on any atom is -0.432 e. The zero-order valence-corrected chi connectivity index (χ0v) is 65.9. The van der Waals surface area contributed by atoms with Crippen molar-refractivity contribution in [2.45, 2.75) is 366 Å². The van der Waals surface area contributed by atoms with Crippen LogP contribution in [0, 0.1) is 50.2 Å². The summed E-state index contributed by atoms with van der Waals surface area (Å²) in [6, 6.07) is 0. The molecule has 0 radical (unpaired) electrons. The number of aliphatic hydroxyl groups is 22. The quantitative estimate of drug-likeness (QED) is 0.0306. The highest BCUT2D eigenvalue weighted by molar-refractivity contribution is 5.79. The van der Waals surface area contributed by atoms with Gasteiger partial charge in [0.2, 0.25) is 6.29 Å². The molecule has 0 aromatic heterocycles. The lowest BCUT2D eigenvalue weighted by Gasteiger charge is -2.71. The first kappa shape index (κ1) is 90.5. The van der Waals surface area contributed by atoms with Crippen LogP contribution >= 0.6 is 0 Å². The maximum Gasteiger partial charge on any atom is 0.315 e. The zero-order chi connectivity index (χ0) is 83.7. The van der Waals surface area contributed by atoms with Crippen molar-refractivity contribution < 1.29 is 193 Å². The monoisotopic (exact) mass is 1660 g/mol. The predicted octanol–water partition coefficient (Wildman–Crippen LogP) is -7.41. The van der Waals surface area contributed by atoms with Gasteiger partial charge in [-0.05, 0) is 124 Å². The second-order valence-corrected chi connectivity index (χ2v) is 36.4. The smallest absolute Gasteiger partial charge is 0.315 e. The molecule has 13 rings (SSSR count). The molecular formula is C76H124O39. The Morgan fingerprint density at radius 3 is 1.38 bits per heavy atom. The van der Waals surface area contributed by atoms with Gasteiger partial charge in [0.25, 0.3) is 0 Å². The molecule has 0 unspecified atom stereocenters. The van der Waals surface area contributed by atoms with E-state index in [0.29, 0.717) is 64.2 Å². The van der Waals surface area contributed by atoms with Crippen molar-refractivity contribution in [1.29, 1.82) is 0 Å². The molecule has 39 heteroatoms. The lowest BCUT2D eigenvalue weighted by atomic mass is 9.33. The summed E-state index contributed by atoms with van der Waals surface area (Å²) >= 11 is 0. The molecule has 47 atom stereocenters. The highest BCUT2D eigenvalue weighted by atomic mass is 16.8. The second-order valence-electron chi connectivity index (χ2n) is 36.4. The van der Waals surface area contributed by atoms with Gasteiger partial charge in [-0.3, -0.25) is 4.79 Å². The molecule has 8 aliphatic heterocycles. The number of hydrogen-bond acceptors (Lipinski definition) is 39. The van der Waals surface area contributed by atoms with Gasteiger partial charge < -0.3 is 188 Å². The molecule has 0 bridgehead atoms. The van der Waals surface area contributed by atoms with E-state index in [1.165, 1.54) is 20.8 Å². The second kappa shape index (κ2) is 34.7. The van der Waals surface area contributed by atoms with Crippen LogP contribution < -0.4 is 0 Å². The molecule has 0 aromatic carbocycles. The molecule has 8 saturated heterocycles. The van der Waals surface area contributed by atoms with Crippen LogP contribution in [0.15, 0.2) is 11.6 Å². The van der Waals surface area contributed by atoms with Crippen LogP contribution in [0.1, 0.15) is 127 Å². The zero-order valence-electron chi connectivity index (χ0n) is 65.9. The van der Waals surface area contributed by atoms with E-state index in [2.05, 4.69) is 40.7 Å². The van der Waals surface area contributed by atoms with E-state index in [1.807, 2.05) is 6.92 Å². The maximum atomic E-state index is 15.5. The summed E-state index contributed by atoms with van der Waals surface area (Å²) in [5.74, 6) is -1.23. The van der Waals surface area contributed by atoms with Crippen LogP contribution in [-0.4, -0.2) is 397 Å². The number of rotatable bonds is 20. The van der Waals surface area contributed by atoms with Crippen LogP contribution in [0.2, 0.25) is 0 Å². The fourth-order valence-corrected chi connectivity index (χ4v) is 21.7. The molecule has 115 heavy (non-hydrogen) atoms. The van der Waals surface area contributed by atoms with E-state index in [9.17, 15) is 112 Å². The molecule has 662 valence electrons. The molecule has 5 aliphatic carbocycles. The largest absolute Gasteiger partial charge is 0.432 e. The minimum atomic E-state index is -2.09. The fraction of sp³-hybridized carbons (Fsp3) is 0.961. The Morgan fingerprint density at radius 2 is 0.843 bits per heavy atom. The number of hydrogen-bond donors (Lipinski definition) is 22. The molecule has 0 spiro atoms. The first-order chi connectivity index (χ1) is 54.1. The van der Waals surface area contributed by atoms with E-state index in [4.69, 9.17) is 75.8 Å². The van der Waals surface area contributed by atoms with Crippen molar-refractivity contribution in [3.8, 4) is 0 Å². The fourth-order valence-electron chi connectivity index (χ4n) is 21.7. The Balaban J connectivity index is 0.669. The SMILES string of the molecule is C[C@@H]1O[C@H](O[C@H]2[C@H](O)[C@@H](O[C@@H]3[C@@H](O[C@H]4CC[C@@]5(C)[C@@H](CC[C@]6(C)[C@@H]5CC=C5[C@H]7CC(C)(C)CC[C@@]7(C(=O)O[C@H]7O[C@@H](CO)[C@H](O[C@H]8O[C@@H](C)[C@H](O)[C@@H](O[C@H]9O[C@@H](CO)[C@H](O)[C@@H](O[C@H]%10O[C@@H](CO)[C@H](O)[C@@H](O)[C@@H]%10O)[C@@H]9O)[C@@H]8O)[C@@H](O)[C@@H]7O)CC[C@]56C)[C@]4(C)CO)OC[C@H](O)[C@H]3O)O[C@@H](C)[C@@H]2O)[C@@H](O)[C@H](O[C@H]2OC[C@H](O)[C@@H](O)[C@@H]2O)[C@H]1O. The summed E-state index contributed by atoms with van der Waals surface area (Å²) < 4.78 is 95.4. The van der Waals surface area contributed by atoms with Crippen molar-refractivity contribution in [2.24, 2.45) is 50.2 Å². The van der Waals surface area contributed by atoms with E-state index >= 15 is 4.79 Å². The number of esters is 1. The van der Waals surface area contributed by atoms with Gasteiger partial charge in [-0.25, -0.2) is 0 Å². The van der Waals surface area contributed by atoms with Gasteiger partial charge in [0.1, 0.15) is 165 Å². The summed E-state index contributed by atoms with van der Waals surface area (Å²) in [6.07, 6.45) is -58.5. The molecule has 39 nitrogen and oxygen atoms in total. The van der Waals surface area contributed by atoms with Crippen LogP contribution in [0.4, 0.5) is 0 Å². The minimum absolute atomic E-state index is 0.0169. The molecule has 0 aromatic rings. The van der Waals surface area contributed by atoms with Crippen LogP contribution in [-0.2, 0) is 80.6 Å². The summed E-state index contributed by atoms with van der Waals surface area (Å²) in [5.41, 5.74) is -2.63. The predicted molar refractivity (Wildman–Crippen MR) is 379 cm³/mol. The molecule has 22 N–H and O–H groups in total. The van der Waals surface area contributed by atoms with Crippen molar-refractivity contribution >= 4 is 5.97 Å². The Morgan fingerprint density at radius 1 is 0.400 bits per heavy atom. The average molecular weight is 1660 g/mol. The van der Waals surface area contributed by atoms with Gasteiger partial charge in [-0.1, -0.05) is 53.2 Å². The van der Waals surface area contributed by atoms with Gasteiger partial charge in [0, 0.05) is 5.41 Å². The summed E-state index contributed by atoms with van der Waals surface area (Å²) in [5, 5.41) is 244. The molecule has 8 heterocycles. The number of allylic oxidation sites excluding steroid dienone is 2.